The third-order valence-corrected chi connectivity index (χ3v) is 5.14. The smallest absolute Gasteiger partial charge is 0.457 e. The van der Waals surface area contributed by atoms with Crippen molar-refractivity contribution in [3.63, 3.8) is 0 Å². The number of aromatic nitrogens is 4. The third-order valence-electron chi connectivity index (χ3n) is 5.14. The highest BCUT2D eigenvalue weighted by Gasteiger charge is 2.13. The number of hydrogen-bond donors (Lipinski definition) is 2. The number of hydrogen-bond acceptors (Lipinski definition) is 6. The lowest BCUT2D eigenvalue weighted by Crippen LogP contribution is -2.14. The van der Waals surface area contributed by atoms with Gasteiger partial charge in [-0.2, -0.15) is 5.10 Å². The van der Waals surface area contributed by atoms with Crippen molar-refractivity contribution in [3.8, 4) is 34.3 Å². The minimum absolute atomic E-state index is 0.00732. The van der Waals surface area contributed by atoms with Crippen LogP contribution >= 0.6 is 0 Å². The Bertz CT molecular complexity index is 1570. The first-order valence-electron chi connectivity index (χ1n) is 10.3. The number of rotatable bonds is 5. The average molecular weight is 454 g/mol. The number of ether oxygens (including phenoxy) is 2. The van der Waals surface area contributed by atoms with Crippen molar-refractivity contribution in [2.24, 2.45) is 0 Å². The molecule has 0 unspecified atom stereocenters. The summed E-state index contributed by atoms with van der Waals surface area (Å²) < 4.78 is 11.9. The summed E-state index contributed by atoms with van der Waals surface area (Å²) in [7, 11) is 0. The van der Waals surface area contributed by atoms with Crippen LogP contribution in [0.2, 0.25) is 0 Å². The summed E-state index contributed by atoms with van der Waals surface area (Å²) in [5.74, 6) is 1.32. The van der Waals surface area contributed by atoms with Crippen molar-refractivity contribution >= 4 is 17.1 Å². The van der Waals surface area contributed by atoms with Crippen LogP contribution in [0.25, 0.3) is 28.0 Å². The molecule has 5 rings (SSSR count). The molecule has 5 aromatic rings. The van der Waals surface area contributed by atoms with Crippen molar-refractivity contribution in [2.45, 2.75) is 6.92 Å². The van der Waals surface area contributed by atoms with Gasteiger partial charge < -0.3 is 14.6 Å². The van der Waals surface area contributed by atoms with E-state index in [1.54, 1.807) is 12.1 Å². The van der Waals surface area contributed by atoms with Crippen LogP contribution in [0, 0.1) is 6.92 Å². The number of aromatic amines is 1. The summed E-state index contributed by atoms with van der Waals surface area (Å²) >= 11 is 0. The van der Waals surface area contributed by atoms with E-state index in [1.807, 2.05) is 61.5 Å². The molecule has 0 bridgehead atoms. The highest BCUT2D eigenvalue weighted by Crippen LogP contribution is 2.31. The highest BCUT2D eigenvalue weighted by molar-refractivity contribution is 5.81. The van der Waals surface area contributed by atoms with Crippen LogP contribution in [0.1, 0.15) is 5.56 Å². The molecule has 0 amide bonds. The first-order valence-corrected chi connectivity index (χ1v) is 10.3. The summed E-state index contributed by atoms with van der Waals surface area (Å²) in [5.41, 5.74) is 2.94. The number of carboxylic acid groups (broad SMARTS) is 1. The third kappa shape index (κ3) is 4.22. The molecule has 2 N–H and O–H groups in total. The van der Waals surface area contributed by atoms with E-state index in [9.17, 15) is 9.59 Å². The monoisotopic (exact) mass is 454 g/mol. The number of aryl methyl sites for hydroxylation is 1. The predicted octanol–water partition coefficient (Wildman–Crippen LogP) is 4.93. The molecule has 0 aliphatic heterocycles. The van der Waals surface area contributed by atoms with Gasteiger partial charge in [-0.15, -0.1) is 0 Å². The van der Waals surface area contributed by atoms with Gasteiger partial charge in [0.15, 0.2) is 5.75 Å². The Morgan fingerprint density at radius 3 is 2.59 bits per heavy atom. The molecule has 0 radical (unpaired) electrons. The van der Waals surface area contributed by atoms with Gasteiger partial charge >= 0.3 is 6.16 Å². The van der Waals surface area contributed by atoms with Gasteiger partial charge in [0.05, 0.1) is 23.3 Å². The number of benzene rings is 3. The van der Waals surface area contributed by atoms with Crippen LogP contribution in [0.3, 0.4) is 0 Å². The first-order chi connectivity index (χ1) is 16.5. The van der Waals surface area contributed by atoms with Crippen LogP contribution in [0.4, 0.5) is 4.79 Å². The maximum Gasteiger partial charge on any atom is 0.511 e. The molecule has 0 aliphatic carbocycles. The van der Waals surface area contributed by atoms with Gasteiger partial charge in [0.2, 0.25) is 5.95 Å². The van der Waals surface area contributed by atoms with Crippen molar-refractivity contribution in [3.05, 3.63) is 95.0 Å². The van der Waals surface area contributed by atoms with Gasteiger partial charge in [-0.3, -0.25) is 9.78 Å². The number of carbonyl (C=O) groups is 1. The van der Waals surface area contributed by atoms with Gasteiger partial charge in [-0.25, -0.2) is 14.5 Å². The van der Waals surface area contributed by atoms with Gasteiger partial charge in [0, 0.05) is 0 Å². The fourth-order valence-electron chi connectivity index (χ4n) is 3.55. The number of fused-ring (bicyclic) bond motifs is 1. The summed E-state index contributed by atoms with van der Waals surface area (Å²) in [5, 5.41) is 13.1. The van der Waals surface area contributed by atoms with E-state index >= 15 is 0 Å². The quantitative estimate of drug-likeness (QED) is 0.361. The SMILES string of the molecule is Cc1cc2nc(-n3cc(OC(=O)O)cn3)[nH]c(=O)c2cc1Oc1cccc(-c2ccccc2)c1. The van der Waals surface area contributed by atoms with Gasteiger partial charge in [-0.1, -0.05) is 42.5 Å². The molecular weight excluding hydrogens is 436 g/mol. The molecule has 0 atom stereocenters. The van der Waals surface area contributed by atoms with Gasteiger partial charge in [0.25, 0.3) is 5.56 Å². The second-order valence-electron chi connectivity index (χ2n) is 7.51. The summed E-state index contributed by atoms with van der Waals surface area (Å²) in [4.78, 5) is 30.6. The van der Waals surface area contributed by atoms with E-state index in [2.05, 4.69) is 19.8 Å². The largest absolute Gasteiger partial charge is 0.511 e. The molecule has 0 spiro atoms. The minimum Gasteiger partial charge on any atom is -0.457 e. The topological polar surface area (TPSA) is 119 Å². The Labute approximate surface area is 192 Å². The van der Waals surface area contributed by atoms with Crippen LogP contribution in [0.15, 0.2) is 83.9 Å². The number of nitrogens with zero attached hydrogens (tertiary/aromatic N) is 3. The molecule has 9 heteroatoms. The lowest BCUT2D eigenvalue weighted by atomic mass is 10.1. The molecule has 168 valence electrons. The standard InChI is InChI=1S/C25H18N4O5/c1-15-10-21-20(23(30)28-24(27-21)29-14-19(13-26-29)34-25(31)32)12-22(15)33-18-9-5-8-17(11-18)16-6-3-2-4-7-16/h2-14H,1H3,(H,31,32)(H,27,28,30). The molecule has 0 aliphatic rings. The average Bonchev–Trinajstić information content (AvgIpc) is 3.28. The second-order valence-corrected chi connectivity index (χ2v) is 7.51. The van der Waals surface area contributed by atoms with E-state index in [0.717, 1.165) is 16.7 Å². The van der Waals surface area contributed by atoms with E-state index in [0.29, 0.717) is 22.4 Å². The lowest BCUT2D eigenvalue weighted by molar-refractivity contribution is 0.144. The zero-order valence-electron chi connectivity index (χ0n) is 17.9. The fourth-order valence-corrected chi connectivity index (χ4v) is 3.55. The number of nitrogens with one attached hydrogen (secondary N) is 1. The zero-order valence-corrected chi connectivity index (χ0v) is 17.9. The van der Waals surface area contributed by atoms with E-state index in [4.69, 9.17) is 9.84 Å². The van der Waals surface area contributed by atoms with E-state index < -0.39 is 6.16 Å². The van der Waals surface area contributed by atoms with E-state index in [1.165, 1.54) is 17.1 Å². The van der Waals surface area contributed by atoms with Crippen LogP contribution in [0.5, 0.6) is 17.2 Å². The van der Waals surface area contributed by atoms with Crippen LogP contribution in [-0.2, 0) is 0 Å². The predicted molar refractivity (Wildman–Crippen MR) is 125 cm³/mol. The fraction of sp³-hybridized carbons (Fsp3) is 0.0400. The zero-order chi connectivity index (χ0) is 23.7. The van der Waals surface area contributed by atoms with Crippen molar-refractivity contribution in [1.29, 1.82) is 0 Å². The Balaban J connectivity index is 1.47. The highest BCUT2D eigenvalue weighted by atomic mass is 16.7. The molecule has 2 heterocycles. The molecule has 0 fully saturated rings. The van der Waals surface area contributed by atoms with E-state index in [-0.39, 0.29) is 17.3 Å². The maximum atomic E-state index is 12.8. The maximum absolute atomic E-state index is 12.8. The van der Waals surface area contributed by atoms with Crippen LogP contribution < -0.4 is 15.0 Å². The molecule has 3 aromatic carbocycles. The molecule has 34 heavy (non-hydrogen) atoms. The summed E-state index contributed by atoms with van der Waals surface area (Å²) in [6, 6.07) is 21.1. The van der Waals surface area contributed by atoms with Crippen molar-refractivity contribution in [2.75, 3.05) is 0 Å². The summed E-state index contributed by atoms with van der Waals surface area (Å²) in [6.07, 6.45) is 1.06. The van der Waals surface area contributed by atoms with Crippen molar-refractivity contribution in [1.82, 2.24) is 19.7 Å². The molecule has 2 aromatic heterocycles. The molecule has 0 saturated heterocycles. The number of H-pyrrole nitrogens is 1. The molecular formula is C25H18N4O5. The Hall–Kier alpha value is -4.92. The lowest BCUT2D eigenvalue weighted by Gasteiger charge is -2.12. The Morgan fingerprint density at radius 2 is 1.79 bits per heavy atom. The summed E-state index contributed by atoms with van der Waals surface area (Å²) in [6.45, 7) is 1.87. The van der Waals surface area contributed by atoms with Crippen molar-refractivity contribution < 1.29 is 19.4 Å². The van der Waals surface area contributed by atoms with Gasteiger partial charge in [0.1, 0.15) is 11.5 Å². The molecule has 9 nitrogen and oxygen atoms in total. The normalized spacial score (nSPS) is 10.9. The minimum atomic E-state index is -1.46. The molecule has 0 saturated carbocycles. The second kappa shape index (κ2) is 8.55. The van der Waals surface area contributed by atoms with Crippen LogP contribution in [-0.4, -0.2) is 31.0 Å². The van der Waals surface area contributed by atoms with Gasteiger partial charge in [-0.05, 0) is 47.9 Å². The Kier molecular flexibility index (Phi) is 5.27. The Morgan fingerprint density at radius 1 is 1.00 bits per heavy atom. The first kappa shape index (κ1) is 21.0.